The molecule has 0 bridgehead atoms. The standard InChI is InChI=1S/C13H17F2NO2/c1-8(2)12(13(17)18-3)16-7-9-5-4-6-10(14)11(9)15/h4-6,8,12,16H,7H2,1-3H3. The molecule has 0 aliphatic rings. The Balaban J connectivity index is 2.73. The highest BCUT2D eigenvalue weighted by Crippen LogP contribution is 2.12. The van der Waals surface area contributed by atoms with E-state index in [1.54, 1.807) is 0 Å². The van der Waals surface area contributed by atoms with Crippen LogP contribution in [0.1, 0.15) is 19.4 Å². The van der Waals surface area contributed by atoms with Gasteiger partial charge < -0.3 is 4.74 Å². The summed E-state index contributed by atoms with van der Waals surface area (Å²) in [5, 5.41) is 2.87. The van der Waals surface area contributed by atoms with Gasteiger partial charge in [0.1, 0.15) is 6.04 Å². The molecule has 100 valence electrons. The Kier molecular flexibility index (Phi) is 5.22. The van der Waals surface area contributed by atoms with E-state index in [0.29, 0.717) is 0 Å². The molecular formula is C13H17F2NO2. The highest BCUT2D eigenvalue weighted by Gasteiger charge is 2.22. The van der Waals surface area contributed by atoms with E-state index >= 15 is 0 Å². The first kappa shape index (κ1) is 14.6. The molecule has 0 radical (unpaired) electrons. The van der Waals surface area contributed by atoms with Gasteiger partial charge in [-0.1, -0.05) is 26.0 Å². The Hall–Kier alpha value is -1.49. The zero-order chi connectivity index (χ0) is 13.7. The summed E-state index contributed by atoms with van der Waals surface area (Å²) in [4.78, 5) is 11.5. The van der Waals surface area contributed by atoms with Crippen molar-refractivity contribution in [1.82, 2.24) is 5.32 Å². The maximum absolute atomic E-state index is 13.4. The van der Waals surface area contributed by atoms with Crippen LogP contribution in [0.25, 0.3) is 0 Å². The van der Waals surface area contributed by atoms with Crippen molar-refractivity contribution in [3.63, 3.8) is 0 Å². The van der Waals surface area contributed by atoms with E-state index in [1.807, 2.05) is 13.8 Å². The minimum Gasteiger partial charge on any atom is -0.468 e. The van der Waals surface area contributed by atoms with Crippen LogP contribution in [-0.2, 0) is 16.1 Å². The van der Waals surface area contributed by atoms with Crippen LogP contribution < -0.4 is 5.32 Å². The van der Waals surface area contributed by atoms with Crippen molar-refractivity contribution in [3.05, 3.63) is 35.4 Å². The predicted molar refractivity (Wildman–Crippen MR) is 63.8 cm³/mol. The molecule has 0 aliphatic carbocycles. The number of rotatable bonds is 5. The summed E-state index contributed by atoms with van der Waals surface area (Å²) in [5.74, 6) is -2.21. The fourth-order valence-corrected chi connectivity index (χ4v) is 1.62. The molecule has 0 fully saturated rings. The summed E-state index contributed by atoms with van der Waals surface area (Å²) in [6, 6.07) is 3.41. The average molecular weight is 257 g/mol. The van der Waals surface area contributed by atoms with Crippen molar-refractivity contribution in [2.45, 2.75) is 26.4 Å². The molecular weight excluding hydrogens is 240 g/mol. The van der Waals surface area contributed by atoms with E-state index < -0.39 is 23.6 Å². The maximum Gasteiger partial charge on any atom is 0.323 e. The normalized spacial score (nSPS) is 12.6. The second-order valence-corrected chi connectivity index (χ2v) is 4.34. The molecule has 0 aliphatic heterocycles. The Morgan fingerprint density at radius 2 is 2.06 bits per heavy atom. The minimum atomic E-state index is -0.895. The van der Waals surface area contributed by atoms with E-state index in [0.717, 1.165) is 6.07 Å². The lowest BCUT2D eigenvalue weighted by molar-refractivity contribution is -0.144. The topological polar surface area (TPSA) is 38.3 Å². The SMILES string of the molecule is COC(=O)C(NCc1cccc(F)c1F)C(C)C. The Morgan fingerprint density at radius 1 is 1.39 bits per heavy atom. The third-order valence-corrected chi connectivity index (χ3v) is 2.67. The molecule has 0 heterocycles. The molecule has 1 rings (SSSR count). The third kappa shape index (κ3) is 3.50. The number of carbonyl (C=O) groups is 1. The van der Waals surface area contributed by atoms with Crippen molar-refractivity contribution in [2.24, 2.45) is 5.92 Å². The van der Waals surface area contributed by atoms with Crippen molar-refractivity contribution in [3.8, 4) is 0 Å². The van der Waals surface area contributed by atoms with Gasteiger partial charge in [0.15, 0.2) is 11.6 Å². The van der Waals surface area contributed by atoms with Gasteiger partial charge in [-0.25, -0.2) is 8.78 Å². The van der Waals surface area contributed by atoms with E-state index in [4.69, 9.17) is 0 Å². The number of ether oxygens (including phenoxy) is 1. The number of methoxy groups -OCH3 is 1. The summed E-state index contributed by atoms with van der Waals surface area (Å²) in [5.41, 5.74) is 0.185. The molecule has 3 nitrogen and oxygen atoms in total. The van der Waals surface area contributed by atoms with E-state index in [9.17, 15) is 13.6 Å². The Labute approximate surface area is 105 Å². The van der Waals surface area contributed by atoms with Gasteiger partial charge in [0.2, 0.25) is 0 Å². The molecule has 0 saturated carbocycles. The zero-order valence-electron chi connectivity index (χ0n) is 10.7. The molecule has 1 unspecified atom stereocenters. The average Bonchev–Trinajstić information content (AvgIpc) is 2.33. The molecule has 0 saturated heterocycles. The van der Waals surface area contributed by atoms with Crippen LogP contribution in [0.3, 0.4) is 0 Å². The number of carbonyl (C=O) groups excluding carboxylic acids is 1. The fourth-order valence-electron chi connectivity index (χ4n) is 1.62. The summed E-state index contributed by atoms with van der Waals surface area (Å²) >= 11 is 0. The van der Waals surface area contributed by atoms with Gasteiger partial charge in [-0.15, -0.1) is 0 Å². The van der Waals surface area contributed by atoms with Gasteiger partial charge in [-0.05, 0) is 12.0 Å². The van der Waals surface area contributed by atoms with Gasteiger partial charge in [0.25, 0.3) is 0 Å². The van der Waals surface area contributed by atoms with Crippen LogP contribution in [0, 0.1) is 17.6 Å². The van der Waals surface area contributed by atoms with Crippen molar-refractivity contribution in [1.29, 1.82) is 0 Å². The Bertz CT molecular complexity index is 421. The van der Waals surface area contributed by atoms with Crippen LogP contribution in [0.5, 0.6) is 0 Å². The predicted octanol–water partition coefficient (Wildman–Crippen LogP) is 2.25. The van der Waals surface area contributed by atoms with Gasteiger partial charge in [0.05, 0.1) is 7.11 Å². The highest BCUT2D eigenvalue weighted by atomic mass is 19.2. The zero-order valence-corrected chi connectivity index (χ0v) is 10.7. The second-order valence-electron chi connectivity index (χ2n) is 4.34. The number of hydrogen-bond acceptors (Lipinski definition) is 3. The first-order valence-corrected chi connectivity index (χ1v) is 5.71. The van der Waals surface area contributed by atoms with E-state index in [1.165, 1.54) is 19.2 Å². The molecule has 0 spiro atoms. The molecule has 18 heavy (non-hydrogen) atoms. The maximum atomic E-state index is 13.4. The van der Waals surface area contributed by atoms with E-state index in [-0.39, 0.29) is 18.0 Å². The van der Waals surface area contributed by atoms with Crippen LogP contribution in [-0.4, -0.2) is 19.1 Å². The fraction of sp³-hybridized carbons (Fsp3) is 0.462. The van der Waals surface area contributed by atoms with Crippen molar-refractivity contribution in [2.75, 3.05) is 7.11 Å². The summed E-state index contributed by atoms with van der Waals surface area (Å²) in [7, 11) is 1.29. The smallest absolute Gasteiger partial charge is 0.323 e. The summed E-state index contributed by atoms with van der Waals surface area (Å²) in [6.07, 6.45) is 0. The van der Waals surface area contributed by atoms with Crippen molar-refractivity contribution >= 4 is 5.97 Å². The van der Waals surface area contributed by atoms with Gasteiger partial charge >= 0.3 is 5.97 Å². The van der Waals surface area contributed by atoms with E-state index in [2.05, 4.69) is 10.1 Å². The molecule has 5 heteroatoms. The molecule has 1 aromatic carbocycles. The number of benzene rings is 1. The van der Waals surface area contributed by atoms with Crippen LogP contribution in [0.4, 0.5) is 8.78 Å². The second kappa shape index (κ2) is 6.44. The summed E-state index contributed by atoms with van der Waals surface area (Å²) in [6.45, 7) is 3.76. The molecule has 1 aromatic rings. The number of nitrogens with one attached hydrogen (secondary N) is 1. The quantitative estimate of drug-likeness (QED) is 0.822. The molecule has 1 N–H and O–H groups in total. The van der Waals surface area contributed by atoms with Crippen LogP contribution in [0.15, 0.2) is 18.2 Å². The number of hydrogen-bond donors (Lipinski definition) is 1. The van der Waals surface area contributed by atoms with Crippen LogP contribution in [0.2, 0.25) is 0 Å². The summed E-state index contributed by atoms with van der Waals surface area (Å²) < 4.78 is 31.0. The van der Waals surface area contributed by atoms with Crippen molar-refractivity contribution < 1.29 is 18.3 Å². The van der Waals surface area contributed by atoms with Gasteiger partial charge in [-0.2, -0.15) is 0 Å². The Morgan fingerprint density at radius 3 is 2.61 bits per heavy atom. The van der Waals surface area contributed by atoms with Gasteiger partial charge in [-0.3, -0.25) is 10.1 Å². The lowest BCUT2D eigenvalue weighted by Crippen LogP contribution is -2.41. The monoisotopic (exact) mass is 257 g/mol. The number of halogens is 2. The third-order valence-electron chi connectivity index (χ3n) is 2.67. The lowest BCUT2D eigenvalue weighted by Gasteiger charge is -2.20. The highest BCUT2D eigenvalue weighted by molar-refractivity contribution is 5.75. The first-order chi connectivity index (χ1) is 8.47. The first-order valence-electron chi connectivity index (χ1n) is 5.71. The molecule has 0 amide bonds. The molecule has 0 aromatic heterocycles. The lowest BCUT2D eigenvalue weighted by atomic mass is 10.0. The minimum absolute atomic E-state index is 0.00549. The van der Waals surface area contributed by atoms with Gasteiger partial charge in [0, 0.05) is 12.1 Å². The molecule has 1 atom stereocenters. The largest absolute Gasteiger partial charge is 0.468 e. The van der Waals surface area contributed by atoms with Crippen LogP contribution >= 0.6 is 0 Å². The number of esters is 1.